The highest BCUT2D eigenvalue weighted by Crippen LogP contribution is 1.74. The predicted octanol–water partition coefficient (Wildman–Crippen LogP) is -0.570. The summed E-state index contributed by atoms with van der Waals surface area (Å²) >= 11 is 0. The highest BCUT2D eigenvalue weighted by atomic mass is 32.3. The van der Waals surface area contributed by atoms with Crippen LogP contribution in [-0.4, -0.2) is 36.8 Å². The van der Waals surface area contributed by atoms with Crippen molar-refractivity contribution in [3.63, 3.8) is 0 Å². The summed E-state index contributed by atoms with van der Waals surface area (Å²) in [6.45, 7) is 0. The molecule has 0 atom stereocenters. The van der Waals surface area contributed by atoms with Crippen LogP contribution in [0.15, 0.2) is 0 Å². The predicted molar refractivity (Wildman–Crippen MR) is 38.5 cm³/mol. The molecule has 0 aliphatic rings. The first-order chi connectivity index (χ1) is 4.29. The van der Waals surface area contributed by atoms with Gasteiger partial charge in [0.2, 0.25) is 0 Å². The van der Waals surface area contributed by atoms with Crippen molar-refractivity contribution in [2.24, 2.45) is 0 Å². The quantitative estimate of drug-likeness (QED) is 0.560. The molecule has 0 rings (SSSR count). The zero-order valence-electron chi connectivity index (χ0n) is 5.90. The molecule has 0 saturated carbocycles. The van der Waals surface area contributed by atoms with Crippen LogP contribution >= 0.6 is 0 Å². The van der Waals surface area contributed by atoms with Gasteiger partial charge in [0.1, 0.15) is 0 Å². The lowest BCUT2D eigenvalue weighted by Gasteiger charge is -1.82. The number of rotatable bonds is 1. The van der Waals surface area contributed by atoms with E-state index in [0.717, 1.165) is 7.11 Å². The standard InChI is InChI=1S/C2H6OS.CH4O4S/c1-4(2)3;1-5-6(2,3)4/h1-2H3;1H3,(H,2,3,4). The molecule has 0 radical (unpaired) electrons. The first-order valence-electron chi connectivity index (χ1n) is 2.07. The Morgan fingerprint density at radius 3 is 1.50 bits per heavy atom. The molecule has 5 nitrogen and oxygen atoms in total. The van der Waals surface area contributed by atoms with E-state index in [1.165, 1.54) is 0 Å². The van der Waals surface area contributed by atoms with Gasteiger partial charge in [0.25, 0.3) is 0 Å². The molecule has 0 aliphatic heterocycles. The largest absolute Gasteiger partial charge is 0.397 e. The molecule has 64 valence electrons. The van der Waals surface area contributed by atoms with E-state index in [4.69, 9.17) is 4.55 Å². The molecule has 0 spiro atoms. The van der Waals surface area contributed by atoms with Crippen molar-refractivity contribution in [2.75, 3.05) is 19.6 Å². The Morgan fingerprint density at radius 2 is 1.50 bits per heavy atom. The fraction of sp³-hybridized carbons (Fsp3) is 1.00. The molecule has 0 amide bonds. The lowest BCUT2D eigenvalue weighted by atomic mass is 11.8. The molecule has 0 aromatic heterocycles. The smallest absolute Gasteiger partial charge is 0.264 e. The van der Waals surface area contributed by atoms with E-state index in [9.17, 15) is 12.6 Å². The Morgan fingerprint density at radius 1 is 1.40 bits per heavy atom. The average Bonchev–Trinajstić information content (AvgIpc) is 1.63. The van der Waals surface area contributed by atoms with Gasteiger partial charge < -0.3 is 0 Å². The van der Waals surface area contributed by atoms with E-state index in [-0.39, 0.29) is 0 Å². The second-order valence-corrected chi connectivity index (χ2v) is 4.01. The Labute approximate surface area is 62.8 Å². The van der Waals surface area contributed by atoms with Crippen LogP contribution in [-0.2, 0) is 25.4 Å². The maximum absolute atomic E-state index is 9.56. The van der Waals surface area contributed by atoms with Crippen LogP contribution in [0.4, 0.5) is 0 Å². The molecule has 0 aromatic rings. The molecule has 0 aromatic carbocycles. The van der Waals surface area contributed by atoms with Gasteiger partial charge in [0, 0.05) is 23.3 Å². The van der Waals surface area contributed by atoms with Crippen LogP contribution in [0.25, 0.3) is 0 Å². The van der Waals surface area contributed by atoms with Gasteiger partial charge in [-0.3, -0.25) is 12.9 Å². The van der Waals surface area contributed by atoms with Crippen LogP contribution in [0, 0.1) is 0 Å². The summed E-state index contributed by atoms with van der Waals surface area (Å²) in [5.74, 6) is 0. The van der Waals surface area contributed by atoms with Crippen LogP contribution < -0.4 is 0 Å². The van der Waals surface area contributed by atoms with E-state index in [2.05, 4.69) is 4.18 Å². The average molecular weight is 190 g/mol. The van der Waals surface area contributed by atoms with Gasteiger partial charge in [-0.1, -0.05) is 0 Å². The Hall–Kier alpha value is 0.0200. The van der Waals surface area contributed by atoms with E-state index >= 15 is 0 Å². The monoisotopic (exact) mass is 190 g/mol. The summed E-state index contributed by atoms with van der Waals surface area (Å²) in [6.07, 6.45) is 3.28. The molecule has 1 N–H and O–H groups in total. The molecule has 10 heavy (non-hydrogen) atoms. The summed E-state index contributed by atoms with van der Waals surface area (Å²) in [5.41, 5.74) is 0. The highest BCUT2D eigenvalue weighted by molar-refractivity contribution is 7.83. The second-order valence-electron chi connectivity index (χ2n) is 1.34. The molecule has 0 bridgehead atoms. The van der Waals surface area contributed by atoms with Gasteiger partial charge in [-0.2, -0.15) is 8.42 Å². The third-order valence-corrected chi connectivity index (χ3v) is 0.632. The van der Waals surface area contributed by atoms with Crippen molar-refractivity contribution in [3.8, 4) is 0 Å². The minimum atomic E-state index is -4.16. The van der Waals surface area contributed by atoms with Crippen molar-refractivity contribution in [2.45, 2.75) is 0 Å². The zero-order valence-corrected chi connectivity index (χ0v) is 7.53. The molecule has 0 fully saturated rings. The molecule has 0 aliphatic carbocycles. The van der Waals surface area contributed by atoms with Crippen molar-refractivity contribution in [1.29, 1.82) is 0 Å². The van der Waals surface area contributed by atoms with Crippen molar-refractivity contribution in [3.05, 3.63) is 0 Å². The SMILES string of the molecule is COS(=O)(=O)O.CS(C)=O. The summed E-state index contributed by atoms with van der Waals surface area (Å²) < 4.78 is 39.3. The fourth-order valence-corrected chi connectivity index (χ4v) is 0. The topological polar surface area (TPSA) is 80.7 Å². The molecule has 0 heterocycles. The molecule has 0 saturated heterocycles. The Kier molecular flexibility index (Phi) is 7.32. The third-order valence-electron chi connectivity index (χ3n) is 0.211. The maximum Gasteiger partial charge on any atom is 0.397 e. The third kappa shape index (κ3) is 43.3. The van der Waals surface area contributed by atoms with E-state index < -0.39 is 21.2 Å². The van der Waals surface area contributed by atoms with Crippen LogP contribution in [0.1, 0.15) is 0 Å². The number of hydrogen-bond acceptors (Lipinski definition) is 4. The van der Waals surface area contributed by atoms with E-state index in [1.54, 1.807) is 12.5 Å². The minimum Gasteiger partial charge on any atom is -0.264 e. The molecular formula is C3H10O5S2. The lowest BCUT2D eigenvalue weighted by molar-refractivity contribution is 0.324. The van der Waals surface area contributed by atoms with Gasteiger partial charge >= 0.3 is 10.4 Å². The highest BCUT2D eigenvalue weighted by Gasteiger charge is 1.93. The van der Waals surface area contributed by atoms with Crippen LogP contribution in [0.5, 0.6) is 0 Å². The van der Waals surface area contributed by atoms with Crippen molar-refractivity contribution in [1.82, 2.24) is 0 Å². The van der Waals surface area contributed by atoms with E-state index in [1.807, 2.05) is 0 Å². The van der Waals surface area contributed by atoms with Gasteiger partial charge in [0.05, 0.1) is 7.11 Å². The summed E-state index contributed by atoms with van der Waals surface area (Å²) in [5, 5.41) is 0. The first kappa shape index (κ1) is 12.7. The van der Waals surface area contributed by atoms with Gasteiger partial charge in [-0.05, 0) is 0 Å². The van der Waals surface area contributed by atoms with Crippen molar-refractivity contribution >= 4 is 21.2 Å². The normalized spacial score (nSPS) is 10.5. The van der Waals surface area contributed by atoms with Crippen LogP contribution in [0.3, 0.4) is 0 Å². The van der Waals surface area contributed by atoms with Gasteiger partial charge in [-0.15, -0.1) is 0 Å². The van der Waals surface area contributed by atoms with E-state index in [0.29, 0.717) is 0 Å². The molecule has 7 heteroatoms. The Bertz CT molecular complexity index is 177. The summed E-state index contributed by atoms with van der Waals surface area (Å²) in [7, 11) is -3.90. The molecule has 0 unspecified atom stereocenters. The molecular weight excluding hydrogens is 180 g/mol. The zero-order chi connectivity index (χ0) is 8.78. The second kappa shape index (κ2) is 5.78. The first-order valence-corrected chi connectivity index (χ1v) is 5.41. The summed E-state index contributed by atoms with van der Waals surface area (Å²) in [4.78, 5) is 0. The number of hydrogen-bond donors (Lipinski definition) is 1. The maximum atomic E-state index is 9.56. The lowest BCUT2D eigenvalue weighted by Crippen LogP contribution is -1.96. The van der Waals surface area contributed by atoms with Gasteiger partial charge in [-0.25, -0.2) is 0 Å². The fourth-order valence-electron chi connectivity index (χ4n) is 0. The van der Waals surface area contributed by atoms with Gasteiger partial charge in [0.15, 0.2) is 0 Å². The van der Waals surface area contributed by atoms with Crippen molar-refractivity contribution < 1.29 is 21.4 Å². The minimum absolute atomic E-state index is 0.611. The summed E-state index contributed by atoms with van der Waals surface area (Å²) in [6, 6.07) is 0. The Balaban J connectivity index is 0. The van der Waals surface area contributed by atoms with Crippen LogP contribution in [0.2, 0.25) is 0 Å².